The zero-order valence-corrected chi connectivity index (χ0v) is 9.66. The smallest absolute Gasteiger partial charge is 0.127 e. The first-order valence-corrected chi connectivity index (χ1v) is 5.22. The maximum atomic E-state index is 13.9. The molecule has 0 unspecified atom stereocenters. The SMILES string of the molecule is CC(C)(C)c1ccc(C2=NN=NC2)cc1F. The Bertz CT molecular complexity index is 470. The number of rotatable bonds is 1. The molecular formula is C12H14FN3. The summed E-state index contributed by atoms with van der Waals surface area (Å²) in [5.41, 5.74) is 2.01. The topological polar surface area (TPSA) is 37.1 Å². The van der Waals surface area contributed by atoms with Crippen molar-refractivity contribution in [3.05, 3.63) is 35.1 Å². The molecule has 1 aliphatic rings. The molecule has 1 heterocycles. The lowest BCUT2D eigenvalue weighted by molar-refractivity contribution is 0.523. The quantitative estimate of drug-likeness (QED) is 0.695. The summed E-state index contributed by atoms with van der Waals surface area (Å²) in [4.78, 5) is 0. The molecule has 16 heavy (non-hydrogen) atoms. The minimum Gasteiger partial charge on any atom is -0.207 e. The maximum absolute atomic E-state index is 13.9. The lowest BCUT2D eigenvalue weighted by Gasteiger charge is -2.20. The van der Waals surface area contributed by atoms with Gasteiger partial charge in [0.2, 0.25) is 0 Å². The molecule has 1 aromatic rings. The number of hydrogen-bond acceptors (Lipinski definition) is 3. The van der Waals surface area contributed by atoms with E-state index in [4.69, 9.17) is 0 Å². The molecule has 4 heteroatoms. The predicted octanol–water partition coefficient (Wildman–Crippen LogP) is 3.29. The van der Waals surface area contributed by atoms with E-state index in [0.717, 1.165) is 11.3 Å². The van der Waals surface area contributed by atoms with Crippen molar-refractivity contribution >= 4 is 5.71 Å². The maximum Gasteiger partial charge on any atom is 0.127 e. The van der Waals surface area contributed by atoms with E-state index in [-0.39, 0.29) is 11.2 Å². The number of hydrogen-bond donors (Lipinski definition) is 0. The Morgan fingerprint density at radius 2 is 2.00 bits per heavy atom. The fraction of sp³-hybridized carbons (Fsp3) is 0.417. The first-order chi connectivity index (χ1) is 7.48. The second-order valence-corrected chi connectivity index (χ2v) is 4.88. The van der Waals surface area contributed by atoms with Crippen LogP contribution in [0.1, 0.15) is 31.9 Å². The van der Waals surface area contributed by atoms with Crippen LogP contribution in [0.25, 0.3) is 0 Å². The molecule has 1 aliphatic heterocycles. The molecule has 0 spiro atoms. The van der Waals surface area contributed by atoms with E-state index in [0.29, 0.717) is 12.1 Å². The molecule has 0 radical (unpaired) electrons. The van der Waals surface area contributed by atoms with Crippen LogP contribution in [0.15, 0.2) is 33.6 Å². The molecule has 0 atom stereocenters. The van der Waals surface area contributed by atoms with Crippen molar-refractivity contribution in [2.75, 3.05) is 6.54 Å². The highest BCUT2D eigenvalue weighted by atomic mass is 19.1. The average molecular weight is 219 g/mol. The Morgan fingerprint density at radius 1 is 1.25 bits per heavy atom. The number of halogens is 1. The Morgan fingerprint density at radius 3 is 2.50 bits per heavy atom. The van der Waals surface area contributed by atoms with Crippen molar-refractivity contribution in [1.82, 2.24) is 0 Å². The summed E-state index contributed by atoms with van der Waals surface area (Å²) < 4.78 is 13.9. The Kier molecular flexibility index (Phi) is 2.58. The van der Waals surface area contributed by atoms with Crippen LogP contribution >= 0.6 is 0 Å². The van der Waals surface area contributed by atoms with Gasteiger partial charge in [0.15, 0.2) is 0 Å². The molecule has 0 N–H and O–H groups in total. The van der Waals surface area contributed by atoms with Gasteiger partial charge in [0.05, 0.1) is 5.71 Å². The molecule has 0 saturated carbocycles. The predicted molar refractivity (Wildman–Crippen MR) is 61.4 cm³/mol. The van der Waals surface area contributed by atoms with E-state index in [1.165, 1.54) is 6.07 Å². The van der Waals surface area contributed by atoms with Crippen molar-refractivity contribution in [2.45, 2.75) is 26.2 Å². The molecular weight excluding hydrogens is 205 g/mol. The highest BCUT2D eigenvalue weighted by molar-refractivity contribution is 6.02. The molecule has 3 nitrogen and oxygen atoms in total. The monoisotopic (exact) mass is 219 g/mol. The van der Waals surface area contributed by atoms with E-state index in [2.05, 4.69) is 15.4 Å². The first-order valence-electron chi connectivity index (χ1n) is 5.22. The van der Waals surface area contributed by atoms with Gasteiger partial charge in [-0.25, -0.2) is 4.39 Å². The zero-order chi connectivity index (χ0) is 11.8. The van der Waals surface area contributed by atoms with Crippen LogP contribution in [-0.4, -0.2) is 12.3 Å². The second-order valence-electron chi connectivity index (χ2n) is 4.88. The van der Waals surface area contributed by atoms with Crippen LogP contribution < -0.4 is 0 Å². The minimum absolute atomic E-state index is 0.186. The lowest BCUT2D eigenvalue weighted by Crippen LogP contribution is -2.14. The summed E-state index contributed by atoms with van der Waals surface area (Å²) >= 11 is 0. The third kappa shape index (κ3) is 2.01. The van der Waals surface area contributed by atoms with Crippen LogP contribution in [0.3, 0.4) is 0 Å². The summed E-state index contributed by atoms with van der Waals surface area (Å²) in [6, 6.07) is 5.19. The Hall–Kier alpha value is -1.58. The van der Waals surface area contributed by atoms with Gasteiger partial charge < -0.3 is 0 Å². The van der Waals surface area contributed by atoms with Gasteiger partial charge in [-0.1, -0.05) is 32.9 Å². The van der Waals surface area contributed by atoms with E-state index in [1.54, 1.807) is 0 Å². The molecule has 0 aromatic heterocycles. The van der Waals surface area contributed by atoms with E-state index in [1.807, 2.05) is 32.9 Å². The van der Waals surface area contributed by atoms with Gasteiger partial charge in [-0.3, -0.25) is 0 Å². The molecule has 84 valence electrons. The summed E-state index contributed by atoms with van der Waals surface area (Å²) in [5, 5.41) is 11.1. The third-order valence-electron chi connectivity index (χ3n) is 2.56. The molecule has 0 aliphatic carbocycles. The van der Waals surface area contributed by atoms with Gasteiger partial charge in [-0.15, -0.1) is 5.10 Å². The highest BCUT2D eigenvalue weighted by Gasteiger charge is 2.19. The minimum atomic E-state index is -0.195. The van der Waals surface area contributed by atoms with Gasteiger partial charge >= 0.3 is 0 Å². The zero-order valence-electron chi connectivity index (χ0n) is 9.66. The fourth-order valence-corrected chi connectivity index (χ4v) is 1.67. The van der Waals surface area contributed by atoms with Crippen molar-refractivity contribution in [1.29, 1.82) is 0 Å². The Balaban J connectivity index is 2.37. The van der Waals surface area contributed by atoms with Crippen LogP contribution in [-0.2, 0) is 5.41 Å². The summed E-state index contributed by atoms with van der Waals surface area (Å²) in [6.45, 7) is 6.41. The molecule has 1 aromatic carbocycles. The molecule has 0 saturated heterocycles. The molecule has 0 fully saturated rings. The van der Waals surface area contributed by atoms with Crippen molar-refractivity contribution in [3.8, 4) is 0 Å². The highest BCUT2D eigenvalue weighted by Crippen LogP contribution is 2.26. The summed E-state index contributed by atoms with van der Waals surface area (Å²) in [7, 11) is 0. The third-order valence-corrected chi connectivity index (χ3v) is 2.56. The largest absolute Gasteiger partial charge is 0.207 e. The van der Waals surface area contributed by atoms with Gasteiger partial charge in [-0.05, 0) is 22.3 Å². The average Bonchev–Trinajstić information content (AvgIpc) is 2.68. The van der Waals surface area contributed by atoms with E-state index < -0.39 is 0 Å². The molecule has 0 bridgehead atoms. The standard InChI is InChI=1S/C12H14FN3/c1-12(2,3)9-5-4-8(6-10(9)13)11-7-14-16-15-11/h4-6H,7H2,1-3H3. The van der Waals surface area contributed by atoms with Gasteiger partial charge in [0.25, 0.3) is 0 Å². The van der Waals surface area contributed by atoms with E-state index >= 15 is 0 Å². The van der Waals surface area contributed by atoms with Crippen molar-refractivity contribution in [3.63, 3.8) is 0 Å². The normalized spacial score (nSPS) is 15.4. The van der Waals surface area contributed by atoms with Crippen LogP contribution in [0.2, 0.25) is 0 Å². The van der Waals surface area contributed by atoms with Gasteiger partial charge in [-0.2, -0.15) is 5.11 Å². The van der Waals surface area contributed by atoms with E-state index in [9.17, 15) is 4.39 Å². The first kappa shape index (κ1) is 10.9. The summed E-state index contributed by atoms with van der Waals surface area (Å²) in [5.74, 6) is -0.195. The second kappa shape index (κ2) is 3.77. The van der Waals surface area contributed by atoms with Gasteiger partial charge in [0, 0.05) is 5.56 Å². The summed E-state index contributed by atoms with van der Waals surface area (Å²) in [6.07, 6.45) is 0. The lowest BCUT2D eigenvalue weighted by atomic mass is 9.86. The fourth-order valence-electron chi connectivity index (χ4n) is 1.67. The molecule has 0 amide bonds. The van der Waals surface area contributed by atoms with Gasteiger partial charge in [0.1, 0.15) is 12.4 Å². The van der Waals surface area contributed by atoms with Crippen LogP contribution in [0.4, 0.5) is 4.39 Å². The number of benzene rings is 1. The Labute approximate surface area is 94.1 Å². The molecule has 2 rings (SSSR count). The van der Waals surface area contributed by atoms with Crippen molar-refractivity contribution < 1.29 is 4.39 Å². The van der Waals surface area contributed by atoms with Crippen LogP contribution in [0, 0.1) is 5.82 Å². The number of nitrogens with zero attached hydrogens (tertiary/aromatic N) is 3. The van der Waals surface area contributed by atoms with Crippen molar-refractivity contribution in [2.24, 2.45) is 15.4 Å². The van der Waals surface area contributed by atoms with Crippen LogP contribution in [0.5, 0.6) is 0 Å².